The number of aromatic nitrogens is 3. The Labute approximate surface area is 199 Å². The van der Waals surface area contributed by atoms with Crippen LogP contribution in [0.4, 0.5) is 0 Å². The fourth-order valence-corrected chi connectivity index (χ4v) is 4.88. The van der Waals surface area contributed by atoms with Crippen molar-refractivity contribution < 1.29 is 9.47 Å². The monoisotopic (exact) mass is 477 g/mol. The zero-order valence-electron chi connectivity index (χ0n) is 18.2. The van der Waals surface area contributed by atoms with Gasteiger partial charge in [0.2, 0.25) is 0 Å². The summed E-state index contributed by atoms with van der Waals surface area (Å²) in [6.45, 7) is 0. The van der Waals surface area contributed by atoms with Crippen molar-refractivity contribution in [3.05, 3.63) is 82.1 Å². The van der Waals surface area contributed by atoms with E-state index in [1.165, 1.54) is 11.8 Å². The van der Waals surface area contributed by atoms with Crippen LogP contribution in [0.15, 0.2) is 81.6 Å². The molecule has 0 aliphatic rings. The van der Waals surface area contributed by atoms with Crippen LogP contribution < -0.4 is 15.0 Å². The van der Waals surface area contributed by atoms with Crippen LogP contribution in [0.2, 0.25) is 5.02 Å². The molecule has 0 spiro atoms. The van der Waals surface area contributed by atoms with Crippen LogP contribution in [0.3, 0.4) is 0 Å². The van der Waals surface area contributed by atoms with Gasteiger partial charge in [0.15, 0.2) is 10.7 Å². The predicted molar refractivity (Wildman–Crippen MR) is 132 cm³/mol. The van der Waals surface area contributed by atoms with Gasteiger partial charge in [-0.2, -0.15) is 0 Å². The summed E-state index contributed by atoms with van der Waals surface area (Å²) in [6, 6.07) is 20.7. The predicted octanol–water partition coefficient (Wildman–Crippen LogP) is 5.70. The molecule has 0 amide bonds. The number of rotatable bonds is 5. The highest BCUT2D eigenvalue weighted by Gasteiger charge is 2.20. The molecule has 0 aliphatic carbocycles. The van der Waals surface area contributed by atoms with Gasteiger partial charge in [-0.05, 0) is 66.7 Å². The van der Waals surface area contributed by atoms with Crippen molar-refractivity contribution in [2.45, 2.75) is 10.1 Å². The molecule has 2 heterocycles. The van der Waals surface area contributed by atoms with Gasteiger partial charge in [-0.15, -0.1) is 0 Å². The minimum absolute atomic E-state index is 0.206. The van der Waals surface area contributed by atoms with Gasteiger partial charge >= 0.3 is 0 Å². The standard InChI is InChI=1S/C25H20ClN3O3S/c1-28-23-20-13-4-15(26)14-21(20)29(16-5-7-17(31-2)8-6-16)24(30)22(23)27-25(28)33-19-11-9-18(32-3)10-12-19/h4-14H,1-3H3. The molecule has 0 unspecified atom stereocenters. The first-order valence-electron chi connectivity index (χ1n) is 10.2. The lowest BCUT2D eigenvalue weighted by atomic mass is 10.1. The Morgan fingerprint density at radius 3 is 2.18 bits per heavy atom. The molecule has 33 heavy (non-hydrogen) atoms. The van der Waals surface area contributed by atoms with E-state index in [2.05, 4.69) is 0 Å². The van der Waals surface area contributed by atoms with E-state index < -0.39 is 0 Å². The van der Waals surface area contributed by atoms with E-state index in [9.17, 15) is 4.79 Å². The van der Waals surface area contributed by atoms with Gasteiger partial charge in [0.1, 0.15) is 11.5 Å². The first-order chi connectivity index (χ1) is 16.0. The molecular formula is C25H20ClN3O3S. The number of imidazole rings is 1. The van der Waals surface area contributed by atoms with E-state index in [4.69, 9.17) is 26.1 Å². The molecule has 0 saturated heterocycles. The SMILES string of the molecule is COc1ccc(Sc2nc3c(=O)n(-c4ccc(OC)cc4)c4cc(Cl)ccc4c3n2C)cc1. The number of nitrogens with zero attached hydrogens (tertiary/aromatic N) is 3. The average molecular weight is 478 g/mol. The Balaban J connectivity index is 1.75. The summed E-state index contributed by atoms with van der Waals surface area (Å²) in [5.74, 6) is 1.50. The number of ether oxygens (including phenoxy) is 2. The van der Waals surface area contributed by atoms with Crippen LogP contribution >= 0.6 is 23.4 Å². The van der Waals surface area contributed by atoms with Crippen LogP contribution in [-0.2, 0) is 7.05 Å². The van der Waals surface area contributed by atoms with Crippen molar-refractivity contribution in [1.82, 2.24) is 14.1 Å². The van der Waals surface area contributed by atoms with Gasteiger partial charge in [-0.3, -0.25) is 9.36 Å². The van der Waals surface area contributed by atoms with Gasteiger partial charge in [0, 0.05) is 28.0 Å². The molecule has 8 heteroatoms. The van der Waals surface area contributed by atoms with E-state index >= 15 is 0 Å². The first-order valence-corrected chi connectivity index (χ1v) is 11.4. The average Bonchev–Trinajstić information content (AvgIpc) is 3.16. The molecule has 166 valence electrons. The summed E-state index contributed by atoms with van der Waals surface area (Å²) in [6.07, 6.45) is 0. The summed E-state index contributed by atoms with van der Waals surface area (Å²) in [4.78, 5) is 19.4. The quantitative estimate of drug-likeness (QED) is 0.325. The minimum Gasteiger partial charge on any atom is -0.497 e. The fourth-order valence-electron chi connectivity index (χ4n) is 3.87. The third-order valence-corrected chi connectivity index (χ3v) is 6.81. The molecule has 0 saturated carbocycles. The minimum atomic E-state index is -0.206. The molecular weight excluding hydrogens is 458 g/mol. The van der Waals surface area contributed by atoms with Crippen molar-refractivity contribution in [1.29, 1.82) is 0 Å². The van der Waals surface area contributed by atoms with E-state index in [1.54, 1.807) is 18.8 Å². The summed E-state index contributed by atoms with van der Waals surface area (Å²) >= 11 is 7.83. The number of hydrogen-bond donors (Lipinski definition) is 0. The van der Waals surface area contributed by atoms with Crippen LogP contribution in [0.5, 0.6) is 11.5 Å². The number of fused-ring (bicyclic) bond motifs is 3. The van der Waals surface area contributed by atoms with Gasteiger partial charge < -0.3 is 14.0 Å². The van der Waals surface area contributed by atoms with Crippen LogP contribution in [0, 0.1) is 0 Å². The third kappa shape index (κ3) is 3.73. The maximum atomic E-state index is 13.7. The Hall–Kier alpha value is -3.42. The maximum absolute atomic E-state index is 13.7. The summed E-state index contributed by atoms with van der Waals surface area (Å²) in [5, 5.41) is 2.16. The number of hydrogen-bond acceptors (Lipinski definition) is 5. The maximum Gasteiger partial charge on any atom is 0.283 e. The number of halogens is 1. The highest BCUT2D eigenvalue weighted by molar-refractivity contribution is 7.99. The molecule has 0 radical (unpaired) electrons. The van der Waals surface area contributed by atoms with Gasteiger partial charge in [-0.1, -0.05) is 23.4 Å². The lowest BCUT2D eigenvalue weighted by Gasteiger charge is -2.13. The number of benzene rings is 3. The first kappa shape index (κ1) is 21.4. The fraction of sp³-hybridized carbons (Fsp3) is 0.120. The summed E-state index contributed by atoms with van der Waals surface area (Å²) < 4.78 is 14.1. The van der Waals surface area contributed by atoms with Crippen molar-refractivity contribution in [3.8, 4) is 17.2 Å². The number of pyridine rings is 1. The second-order valence-electron chi connectivity index (χ2n) is 7.43. The van der Waals surface area contributed by atoms with Crippen molar-refractivity contribution >= 4 is 45.3 Å². The second-order valence-corrected chi connectivity index (χ2v) is 8.91. The Morgan fingerprint density at radius 1 is 0.909 bits per heavy atom. The second kappa shape index (κ2) is 8.50. The molecule has 0 fully saturated rings. The van der Waals surface area contributed by atoms with Crippen molar-refractivity contribution in [2.75, 3.05) is 14.2 Å². The summed E-state index contributed by atoms with van der Waals surface area (Å²) in [5.41, 5.74) is 2.40. The summed E-state index contributed by atoms with van der Waals surface area (Å²) in [7, 11) is 5.17. The molecule has 0 bridgehead atoms. The highest BCUT2D eigenvalue weighted by Crippen LogP contribution is 2.33. The van der Waals surface area contributed by atoms with Crippen molar-refractivity contribution in [3.63, 3.8) is 0 Å². The highest BCUT2D eigenvalue weighted by atomic mass is 35.5. The lowest BCUT2D eigenvalue weighted by Crippen LogP contribution is -2.19. The number of aryl methyl sites for hydroxylation is 1. The van der Waals surface area contributed by atoms with E-state index in [1.807, 2.05) is 78.3 Å². The van der Waals surface area contributed by atoms with E-state index in [0.717, 1.165) is 26.7 Å². The molecule has 3 aromatic carbocycles. The van der Waals surface area contributed by atoms with Crippen LogP contribution in [0.1, 0.15) is 0 Å². The molecule has 6 nitrogen and oxygen atoms in total. The van der Waals surface area contributed by atoms with Crippen LogP contribution in [-0.4, -0.2) is 28.3 Å². The van der Waals surface area contributed by atoms with Gasteiger partial charge in [-0.25, -0.2) is 4.98 Å². The van der Waals surface area contributed by atoms with Gasteiger partial charge in [0.25, 0.3) is 5.56 Å². The Kier molecular flexibility index (Phi) is 5.52. The lowest BCUT2D eigenvalue weighted by molar-refractivity contribution is 0.414. The Bertz CT molecular complexity index is 1540. The van der Waals surface area contributed by atoms with E-state index in [0.29, 0.717) is 27.5 Å². The largest absolute Gasteiger partial charge is 0.497 e. The van der Waals surface area contributed by atoms with E-state index in [-0.39, 0.29) is 5.56 Å². The third-order valence-electron chi connectivity index (χ3n) is 5.51. The molecule has 0 aliphatic heterocycles. The zero-order chi connectivity index (χ0) is 23.1. The van der Waals surface area contributed by atoms with Crippen molar-refractivity contribution in [2.24, 2.45) is 7.05 Å². The molecule has 2 aromatic heterocycles. The molecule has 5 rings (SSSR count). The molecule has 0 atom stereocenters. The van der Waals surface area contributed by atoms with Crippen LogP contribution in [0.25, 0.3) is 27.6 Å². The Morgan fingerprint density at radius 2 is 1.55 bits per heavy atom. The smallest absolute Gasteiger partial charge is 0.283 e. The normalized spacial score (nSPS) is 11.3. The molecule has 5 aromatic rings. The topological polar surface area (TPSA) is 58.3 Å². The van der Waals surface area contributed by atoms with Gasteiger partial charge in [0.05, 0.1) is 25.3 Å². The number of methoxy groups -OCH3 is 2. The molecule has 0 N–H and O–H groups in total. The zero-order valence-corrected chi connectivity index (χ0v) is 19.8.